The van der Waals surface area contributed by atoms with Crippen LogP contribution in [-0.4, -0.2) is 38.4 Å². The summed E-state index contributed by atoms with van der Waals surface area (Å²) in [4.78, 5) is 9.21. The van der Waals surface area contributed by atoms with E-state index in [4.69, 9.17) is 9.05 Å². The van der Waals surface area contributed by atoms with Gasteiger partial charge in [0.25, 0.3) is 0 Å². The lowest BCUT2D eigenvalue weighted by molar-refractivity contribution is 0.154. The third kappa shape index (κ3) is 9.71. The fraction of sp³-hybridized carbons (Fsp3) is 1.00. The molecule has 0 aromatic heterocycles. The van der Waals surface area contributed by atoms with Crippen molar-refractivity contribution in [1.29, 1.82) is 0 Å². The molecule has 0 unspecified atom stereocenters. The Hall–Kier alpha value is 2.03. The van der Waals surface area contributed by atoms with E-state index in [1.54, 1.807) is 0 Å². The second-order valence-corrected chi connectivity index (χ2v) is 7.90. The van der Waals surface area contributed by atoms with Gasteiger partial charge in [0.05, 0.1) is 13.2 Å². The van der Waals surface area contributed by atoms with Crippen molar-refractivity contribution in [3.8, 4) is 0 Å². The molecule has 9 heteroatoms. The number of phosphoric ester groups is 1. The summed E-state index contributed by atoms with van der Waals surface area (Å²) in [5, 5.41) is 1.27. The number of halogens is 4. The highest BCUT2D eigenvalue weighted by molar-refractivity contribution is 9.12. The number of rotatable bonds is 8. The monoisotopic (exact) mass is 494 g/mol. The van der Waals surface area contributed by atoms with Crippen LogP contribution in [0.1, 0.15) is 0 Å². The Bertz CT molecular complexity index is 199. The summed E-state index contributed by atoms with van der Waals surface area (Å²) >= 11 is 12.9. The fourth-order valence-electron chi connectivity index (χ4n) is 0.476. The summed E-state index contributed by atoms with van der Waals surface area (Å²) in [5.74, 6) is 0. The highest BCUT2D eigenvalue weighted by Crippen LogP contribution is 2.44. The molecular formula is C6H11Br4O4P. The van der Waals surface area contributed by atoms with E-state index in [2.05, 4.69) is 63.7 Å². The number of hydrogen-bond donors (Lipinski definition) is 1. The van der Waals surface area contributed by atoms with Crippen LogP contribution in [0.4, 0.5) is 0 Å². The quantitative estimate of drug-likeness (QED) is 0.412. The van der Waals surface area contributed by atoms with Gasteiger partial charge >= 0.3 is 7.82 Å². The lowest BCUT2D eigenvalue weighted by Gasteiger charge is -2.14. The van der Waals surface area contributed by atoms with Gasteiger partial charge in [-0.05, 0) is 0 Å². The van der Waals surface area contributed by atoms with Crippen molar-refractivity contribution in [2.45, 2.75) is 9.65 Å². The van der Waals surface area contributed by atoms with Crippen LogP contribution < -0.4 is 0 Å². The van der Waals surface area contributed by atoms with Crippen LogP contribution >= 0.6 is 71.5 Å². The van der Waals surface area contributed by atoms with E-state index in [0.717, 1.165) is 0 Å². The second-order valence-electron chi connectivity index (χ2n) is 2.56. The first-order valence-corrected chi connectivity index (χ1v) is 9.50. The molecule has 92 valence electrons. The van der Waals surface area contributed by atoms with Crippen LogP contribution in [-0.2, 0) is 13.6 Å². The zero-order chi connectivity index (χ0) is 11.9. The van der Waals surface area contributed by atoms with E-state index in [1.807, 2.05) is 0 Å². The van der Waals surface area contributed by atoms with Crippen molar-refractivity contribution < 1.29 is 18.5 Å². The summed E-state index contributed by atoms with van der Waals surface area (Å²) < 4.78 is 20.8. The van der Waals surface area contributed by atoms with Gasteiger partial charge < -0.3 is 4.89 Å². The van der Waals surface area contributed by atoms with Crippen molar-refractivity contribution in [3.63, 3.8) is 0 Å². The molecule has 0 saturated heterocycles. The molecule has 0 aliphatic carbocycles. The fourth-order valence-corrected chi connectivity index (χ4v) is 2.33. The molecule has 0 radical (unpaired) electrons. The van der Waals surface area contributed by atoms with Gasteiger partial charge in [-0.3, -0.25) is 9.05 Å². The molecule has 1 N–H and O–H groups in total. The zero-order valence-electron chi connectivity index (χ0n) is 7.61. The van der Waals surface area contributed by atoms with Crippen molar-refractivity contribution >= 4 is 71.5 Å². The maximum absolute atomic E-state index is 11.3. The Labute approximate surface area is 123 Å². The number of hydrogen-bond acceptors (Lipinski definition) is 3. The van der Waals surface area contributed by atoms with E-state index in [0.29, 0.717) is 10.7 Å². The molecule has 0 bridgehead atoms. The molecule has 0 heterocycles. The van der Waals surface area contributed by atoms with Crippen molar-refractivity contribution in [2.24, 2.45) is 0 Å². The van der Waals surface area contributed by atoms with E-state index in [9.17, 15) is 9.46 Å². The van der Waals surface area contributed by atoms with Gasteiger partial charge in [-0.25, -0.2) is 4.57 Å². The molecule has 0 aromatic rings. The van der Waals surface area contributed by atoms with Crippen LogP contribution in [0.3, 0.4) is 0 Å². The normalized spacial score (nSPS) is 16.3. The van der Waals surface area contributed by atoms with E-state index in [-0.39, 0.29) is 22.9 Å². The maximum Gasteiger partial charge on any atom is 0.472 e. The van der Waals surface area contributed by atoms with Gasteiger partial charge in [0.2, 0.25) is 0 Å². The van der Waals surface area contributed by atoms with Crippen molar-refractivity contribution in [2.75, 3.05) is 23.9 Å². The minimum absolute atomic E-state index is 0.0162. The first kappa shape index (κ1) is 17.0. The van der Waals surface area contributed by atoms with Crippen LogP contribution in [0.2, 0.25) is 0 Å². The third-order valence-electron chi connectivity index (χ3n) is 1.17. The molecule has 0 amide bonds. The topological polar surface area (TPSA) is 55.8 Å². The number of phosphoric acid groups is 1. The second kappa shape index (κ2) is 9.03. The molecule has 15 heavy (non-hydrogen) atoms. The Morgan fingerprint density at radius 1 is 1.07 bits per heavy atom. The smallest absolute Gasteiger partial charge is 0.302 e. The first-order chi connectivity index (χ1) is 6.91. The minimum atomic E-state index is -3.93. The van der Waals surface area contributed by atoms with Gasteiger partial charge in [0, 0.05) is 20.3 Å². The molecule has 0 aliphatic rings. The Morgan fingerprint density at radius 3 is 1.67 bits per heavy atom. The largest absolute Gasteiger partial charge is 0.472 e. The lowest BCUT2D eigenvalue weighted by Crippen LogP contribution is -2.12. The van der Waals surface area contributed by atoms with Gasteiger partial charge in [0.1, 0.15) is 0 Å². The Morgan fingerprint density at radius 2 is 1.40 bits per heavy atom. The average molecular weight is 498 g/mol. The number of alkyl halides is 4. The molecule has 0 rings (SSSR count). The molecule has 0 aromatic carbocycles. The molecular weight excluding hydrogens is 487 g/mol. The zero-order valence-corrected chi connectivity index (χ0v) is 14.9. The average Bonchev–Trinajstić information content (AvgIpc) is 2.22. The van der Waals surface area contributed by atoms with Crippen LogP contribution in [0.15, 0.2) is 0 Å². The SMILES string of the molecule is O=P(O)(OC[C@@H](Br)CBr)OC[C@@H](Br)CBr. The summed E-state index contributed by atoms with van der Waals surface area (Å²) in [6.07, 6.45) is 0. The molecule has 0 aliphatic heterocycles. The van der Waals surface area contributed by atoms with Crippen LogP contribution in [0.5, 0.6) is 0 Å². The van der Waals surface area contributed by atoms with Gasteiger partial charge in [0.15, 0.2) is 0 Å². The van der Waals surface area contributed by atoms with Gasteiger partial charge in [-0.1, -0.05) is 63.7 Å². The summed E-state index contributed by atoms with van der Waals surface area (Å²) in [7, 11) is -3.93. The van der Waals surface area contributed by atoms with Crippen molar-refractivity contribution in [3.05, 3.63) is 0 Å². The summed E-state index contributed by atoms with van der Waals surface area (Å²) in [5.41, 5.74) is 0. The van der Waals surface area contributed by atoms with Crippen LogP contribution in [0, 0.1) is 0 Å². The standard InChI is InChI=1S/C6H11Br4O4P/c7-1-5(9)3-13-15(11,12)14-4-6(10)2-8/h5-6H,1-4H2,(H,11,12)/t5-,6-/m0/s1. The minimum Gasteiger partial charge on any atom is -0.302 e. The molecule has 0 spiro atoms. The molecule has 2 atom stereocenters. The summed E-state index contributed by atoms with van der Waals surface area (Å²) in [6, 6.07) is 0. The van der Waals surface area contributed by atoms with E-state index >= 15 is 0 Å². The first-order valence-electron chi connectivity index (χ1n) is 3.93. The maximum atomic E-state index is 11.3. The lowest BCUT2D eigenvalue weighted by atomic mass is 10.5. The van der Waals surface area contributed by atoms with Gasteiger partial charge in [-0.2, -0.15) is 0 Å². The molecule has 4 nitrogen and oxygen atoms in total. The predicted molar refractivity (Wildman–Crippen MR) is 74.7 cm³/mol. The van der Waals surface area contributed by atoms with E-state index in [1.165, 1.54) is 0 Å². The highest BCUT2D eigenvalue weighted by Gasteiger charge is 2.23. The van der Waals surface area contributed by atoms with Crippen LogP contribution in [0.25, 0.3) is 0 Å². The third-order valence-corrected chi connectivity index (χ3v) is 6.60. The Kier molecular flexibility index (Phi) is 10.2. The van der Waals surface area contributed by atoms with E-state index < -0.39 is 7.82 Å². The molecule has 0 fully saturated rings. The predicted octanol–water partition coefficient (Wildman–Crippen LogP) is 3.44. The van der Waals surface area contributed by atoms with Gasteiger partial charge in [-0.15, -0.1) is 0 Å². The highest BCUT2D eigenvalue weighted by atomic mass is 79.9. The molecule has 0 saturated carbocycles. The summed E-state index contributed by atoms with van der Waals surface area (Å²) in [6.45, 7) is 0.223. The van der Waals surface area contributed by atoms with Crippen molar-refractivity contribution in [1.82, 2.24) is 0 Å². The Balaban J connectivity index is 3.81.